The molecule has 11 unspecified atom stereocenters. The van der Waals surface area contributed by atoms with Crippen LogP contribution in [0, 0.1) is 0 Å². The third-order valence-electron chi connectivity index (χ3n) is 22.1. The van der Waals surface area contributed by atoms with Crippen molar-refractivity contribution >= 4 is 137 Å². The summed E-state index contributed by atoms with van der Waals surface area (Å²) in [5.74, 6) is -10.4. The highest BCUT2D eigenvalue weighted by Gasteiger charge is 2.40. The Bertz CT molecular complexity index is 4160. The van der Waals surface area contributed by atoms with Crippen molar-refractivity contribution in [2.45, 2.75) is 267 Å². The van der Waals surface area contributed by atoms with Crippen LogP contribution in [0.25, 0.3) is 0 Å². The van der Waals surface area contributed by atoms with Gasteiger partial charge in [0.25, 0.3) is 0 Å². The molecule has 2 aliphatic rings. The van der Waals surface area contributed by atoms with Crippen molar-refractivity contribution in [2.75, 3.05) is 133 Å². The van der Waals surface area contributed by atoms with Gasteiger partial charge in [0.05, 0.1) is 49.0 Å². The van der Waals surface area contributed by atoms with Gasteiger partial charge in [0.2, 0.25) is 53.2 Å². The number of hydrogen-bond donors (Lipinski definition) is 25. The number of carbonyl (C=O) groups excluding carboxylic acids is 14. The average molecular weight is 1990 g/mol. The zero-order valence-electron chi connectivity index (χ0n) is 81.5. The van der Waals surface area contributed by atoms with Gasteiger partial charge < -0.3 is 159 Å². The first-order valence-electron chi connectivity index (χ1n) is 47.2. The molecule has 41 N–H and O–H groups in total. The van der Waals surface area contributed by atoms with E-state index in [1.165, 1.54) is 0 Å². The molecule has 139 heavy (non-hydrogen) atoms. The lowest BCUT2D eigenvalue weighted by Crippen LogP contribution is -2.53. The molecule has 0 aliphatic carbocycles. The first kappa shape index (κ1) is 123. The smallest absolute Gasteiger partial charge is 0.345 e. The molecular formula is C84H160N37O17P. The Labute approximate surface area is 813 Å². The van der Waals surface area contributed by atoms with Crippen molar-refractivity contribution in [3.63, 3.8) is 0 Å². The molecule has 2 aliphatic heterocycles. The molecule has 788 valence electrons. The normalized spacial score (nSPS) is 15.8. The number of morpholine rings is 1. The average Bonchev–Trinajstić information content (AvgIpc) is 0.801. The van der Waals surface area contributed by atoms with Gasteiger partial charge in [-0.15, -0.1) is 0 Å². The number of nitrogens with zero attached hydrogens (tertiary/aromatic N) is 12. The van der Waals surface area contributed by atoms with Crippen molar-refractivity contribution in [1.82, 2.24) is 67.0 Å². The summed E-state index contributed by atoms with van der Waals surface area (Å²) in [6.45, 7) is 5.43. The predicted octanol–water partition coefficient (Wildman–Crippen LogP) is -8.24. The minimum atomic E-state index is -3.41. The molecule has 2 saturated heterocycles. The van der Waals surface area contributed by atoms with Gasteiger partial charge in [-0.1, -0.05) is 12.8 Å². The van der Waals surface area contributed by atoms with Crippen molar-refractivity contribution in [1.29, 1.82) is 0 Å². The maximum absolute atomic E-state index is 14.5. The third-order valence-corrected chi connectivity index (χ3v) is 24.7. The lowest BCUT2D eigenvalue weighted by atomic mass is 9.99. The van der Waals surface area contributed by atoms with Gasteiger partial charge in [-0.05, 0) is 151 Å². The van der Waals surface area contributed by atoms with Gasteiger partial charge in [0, 0.05) is 169 Å². The van der Waals surface area contributed by atoms with E-state index in [0.717, 1.165) is 6.54 Å². The molecular weight excluding hydrogens is 1830 g/mol. The number of unbranched alkanes of at least 4 members (excludes halogenated alkanes) is 3. The SMILES string of the molecule is CNC(CCCN=C(N)N)C(=O)CCC(=O)NC(CCCN=C(N)N)C(=O)NC(CCCN=C(N)N)C(=O)CCC(=O)NC(CCCN=C(N)N)C(=O)NC(CCCN=C(N)N)C(=O)CCC(=O)NC(CCCN=C(N)N)C(=O)NC(CCCN=C(N)N)C(=O)CCC(=O)NC(CCCN=C(N)N)C(=O)CCCCCCC(=O)NCCC(=O)N1CCN(P(=O)(OCC2CN(C)CC(C)O2)N(C)C)CC1. The lowest BCUT2D eigenvalue weighted by Gasteiger charge is -2.41. The molecule has 0 bridgehead atoms. The second kappa shape index (κ2) is 69.5. The fraction of sp³-hybridized carbons (Fsp3) is 0.738. The zero-order valence-corrected chi connectivity index (χ0v) is 82.4. The second-order valence-corrected chi connectivity index (χ2v) is 36.8. The van der Waals surface area contributed by atoms with E-state index in [-0.39, 0.29) is 271 Å². The predicted molar refractivity (Wildman–Crippen MR) is 530 cm³/mol. The van der Waals surface area contributed by atoms with E-state index >= 15 is 0 Å². The number of ether oxygens (including phenoxy) is 1. The van der Waals surface area contributed by atoms with Crippen LogP contribution in [0.1, 0.15) is 206 Å². The van der Waals surface area contributed by atoms with E-state index in [0.29, 0.717) is 71.2 Å². The Morgan fingerprint density at radius 3 is 0.935 bits per heavy atom. The Morgan fingerprint density at radius 1 is 0.353 bits per heavy atom. The second-order valence-electron chi connectivity index (χ2n) is 34.2. The molecule has 2 heterocycles. The highest BCUT2D eigenvalue weighted by molar-refractivity contribution is 7.53. The number of ketones is 5. The maximum atomic E-state index is 14.5. The summed E-state index contributed by atoms with van der Waals surface area (Å²) >= 11 is 0. The van der Waals surface area contributed by atoms with Crippen LogP contribution < -0.4 is 140 Å². The first-order valence-corrected chi connectivity index (χ1v) is 48.7. The summed E-state index contributed by atoms with van der Waals surface area (Å²) in [4.78, 5) is 230. The van der Waals surface area contributed by atoms with Crippen molar-refractivity contribution in [2.24, 2.45) is 132 Å². The quantitative estimate of drug-likeness (QED) is 0.0116. The number of nitrogens with two attached hydrogens (primary N) is 16. The molecule has 9 amide bonds. The van der Waals surface area contributed by atoms with Gasteiger partial charge in [-0.3, -0.25) is 112 Å². The van der Waals surface area contributed by atoms with E-state index < -0.39 is 153 Å². The van der Waals surface area contributed by atoms with Crippen LogP contribution in [0.4, 0.5) is 0 Å². The summed E-state index contributed by atoms with van der Waals surface area (Å²) in [5.41, 5.74) is 88.9. The number of likely N-dealkylation sites (N-methyl/N-ethyl adjacent to an activating group) is 2. The maximum Gasteiger partial charge on any atom is 0.345 e. The van der Waals surface area contributed by atoms with Crippen molar-refractivity contribution in [3.8, 4) is 0 Å². The molecule has 0 aromatic heterocycles. The molecule has 2 rings (SSSR count). The summed E-state index contributed by atoms with van der Waals surface area (Å²) in [6.07, 6.45) is -0.167. The topological polar surface area (TPSA) is 911 Å². The number of aliphatic imine (C=N–C) groups is 8. The monoisotopic (exact) mass is 1990 g/mol. The van der Waals surface area contributed by atoms with Gasteiger partial charge >= 0.3 is 7.67 Å². The third kappa shape index (κ3) is 56.4. The molecule has 2 fully saturated rings. The highest BCUT2D eigenvalue weighted by Crippen LogP contribution is 2.53. The number of amides is 9. The van der Waals surface area contributed by atoms with Crippen molar-refractivity contribution in [3.05, 3.63) is 0 Å². The molecule has 0 saturated carbocycles. The first-order chi connectivity index (χ1) is 65.8. The molecule has 0 aromatic carbocycles. The highest BCUT2D eigenvalue weighted by atomic mass is 31.2. The Balaban J connectivity index is 2.29. The Morgan fingerprint density at radius 2 is 0.633 bits per heavy atom. The summed E-state index contributed by atoms with van der Waals surface area (Å²) in [7, 11) is 3.58. The number of guanidine groups is 8. The largest absolute Gasteiger partial charge is 0.370 e. The van der Waals surface area contributed by atoms with E-state index in [1.807, 2.05) is 14.0 Å². The fourth-order valence-corrected chi connectivity index (χ4v) is 16.9. The number of nitrogens with one attached hydrogen (secondary N) is 9. The number of Topliss-reactive ketones (excluding diaryl/α,β-unsaturated/α-hetero) is 5. The Kier molecular flexibility index (Phi) is 61.4. The molecule has 11 atom stereocenters. The fourth-order valence-electron chi connectivity index (χ4n) is 14.9. The number of piperazine rings is 1. The van der Waals surface area contributed by atoms with Gasteiger partial charge in [-0.25, -0.2) is 9.34 Å². The summed E-state index contributed by atoms with van der Waals surface area (Å²) in [5, 5.41) is 24.4. The van der Waals surface area contributed by atoms with E-state index in [4.69, 9.17) is 101 Å². The summed E-state index contributed by atoms with van der Waals surface area (Å²) < 4.78 is 29.6. The Hall–Kier alpha value is -12.3. The minimum Gasteiger partial charge on any atom is -0.370 e. The van der Waals surface area contributed by atoms with Crippen LogP contribution in [0.5, 0.6) is 0 Å². The van der Waals surface area contributed by atoms with Crippen LogP contribution >= 0.6 is 7.67 Å². The van der Waals surface area contributed by atoms with Crippen LogP contribution in [0.3, 0.4) is 0 Å². The molecule has 54 nitrogen and oxygen atoms in total. The minimum absolute atomic E-state index is 0.0108. The molecule has 0 radical (unpaired) electrons. The number of hydrogen-bond acceptors (Lipinski definition) is 27. The van der Waals surface area contributed by atoms with E-state index in [2.05, 4.69) is 92.7 Å². The standard InChI is InChI=1S/C84H160N37O17P/c1-53-50-119(5)51-54(138-53)52-137-139(136,118(3)4)121-48-46-120(47-49-121)73(132)36-45-102-68(127)27-9-7-6-8-26-63(122)56(19-11-38-104-78(87)88)111-69(128)33-29-65(124)57(20-12-39-105-79(89)90)115-75(134)61(24-16-43-109-83(97)98)113-71(130)35-31-67(126)59(22-14-41-107-81(93)94)117-76(135)62(25-17-44-110-84(99)100)114-72(131)34-30-66(125)58(21-13-40-106-80(91)92)116-74(133)60(23-15-42-108-82(95)96)112-70(129)32-28-64(123)55(101-2)18-10-37-103-77(85)86/h53-62,101H,6-52H2,1-5H3,(H,102,127)(H,111,128)(H,112,129)(H,113,130)(H,114,131)(H,115,134)(H,116,133)(H,117,135)(H4,85,86,103)(H4,87,88,104)(H4,89,90,105)(H4,91,92,106)(H4,93,94,107)(H4,95,96,108)(H4,97,98,109)(H4,99,100,110). The number of carbonyl (C=O) groups is 14. The van der Waals surface area contributed by atoms with E-state index in [1.54, 1.807) is 35.4 Å². The van der Waals surface area contributed by atoms with Crippen LogP contribution in [-0.2, 0) is 80.9 Å². The molecule has 0 aromatic rings. The van der Waals surface area contributed by atoms with E-state index in [9.17, 15) is 71.7 Å². The lowest BCUT2D eigenvalue weighted by molar-refractivity contribution is -0.134. The summed E-state index contributed by atoms with van der Waals surface area (Å²) in [6, 6.07) is -9.78. The van der Waals surface area contributed by atoms with Gasteiger partial charge in [0.15, 0.2) is 70.8 Å². The zero-order chi connectivity index (χ0) is 104. The van der Waals surface area contributed by atoms with Gasteiger partial charge in [0.1, 0.15) is 23.9 Å². The van der Waals surface area contributed by atoms with Crippen molar-refractivity contribution < 1.29 is 80.9 Å². The van der Waals surface area contributed by atoms with Crippen LogP contribution in [-0.4, -0.2) is 342 Å². The molecule has 0 spiro atoms. The van der Waals surface area contributed by atoms with Crippen LogP contribution in [0.2, 0.25) is 0 Å². The number of rotatable bonds is 75. The van der Waals surface area contributed by atoms with Crippen LogP contribution in [0.15, 0.2) is 39.9 Å². The van der Waals surface area contributed by atoms with Gasteiger partial charge in [-0.2, -0.15) is 0 Å². The molecule has 55 heteroatoms.